The van der Waals surface area contributed by atoms with Gasteiger partial charge in [0.05, 0.1) is 38.5 Å². The van der Waals surface area contributed by atoms with E-state index in [2.05, 4.69) is 20.7 Å². The summed E-state index contributed by atoms with van der Waals surface area (Å²) >= 11 is 19.9. The molecule has 4 aromatic rings. The number of thioether (sulfide) groups is 1. The normalized spacial score (nSPS) is 14.4. The maximum atomic E-state index is 13.2. The molecule has 0 spiro atoms. The summed E-state index contributed by atoms with van der Waals surface area (Å²) in [6, 6.07) is 16.5. The van der Waals surface area contributed by atoms with E-state index in [0.717, 1.165) is 5.56 Å². The zero-order chi connectivity index (χ0) is 30.7. The van der Waals surface area contributed by atoms with Crippen molar-refractivity contribution in [2.45, 2.75) is 5.37 Å². The average Bonchev–Trinajstić information content (AvgIpc) is 3.35. The molecule has 2 heterocycles. The minimum Gasteiger partial charge on any atom is -0.493 e. The van der Waals surface area contributed by atoms with Crippen LogP contribution in [0.4, 0.5) is 10.7 Å². The van der Waals surface area contributed by atoms with Gasteiger partial charge in [0.15, 0.2) is 11.5 Å². The molecule has 1 fully saturated rings. The SMILES string of the molecule is COc1cc(-c2cc(-c3ccc(Cl)cc3)nc(NC(=O)NN3C(=O)CSC3c3ccc(Cl)cc3Cl)n2)cc(OC)c1OC. The summed E-state index contributed by atoms with van der Waals surface area (Å²) in [5.74, 6) is 1.10. The van der Waals surface area contributed by atoms with Gasteiger partial charge in [-0.3, -0.25) is 10.1 Å². The highest BCUT2D eigenvalue weighted by Crippen LogP contribution is 2.42. The van der Waals surface area contributed by atoms with Crippen LogP contribution in [0.25, 0.3) is 22.5 Å². The van der Waals surface area contributed by atoms with Crippen LogP contribution in [-0.2, 0) is 4.79 Å². The second-order valence-corrected chi connectivity index (χ2v) is 11.4. The van der Waals surface area contributed by atoms with Crippen molar-refractivity contribution in [1.29, 1.82) is 0 Å². The number of anilines is 1. The smallest absolute Gasteiger partial charge is 0.340 e. The number of carbonyl (C=O) groups excluding carboxylic acids is 2. The standard InChI is InChI=1S/C29H24Cl3N5O5S/c1-40-23-10-16(11-24(41-2)26(23)42-3)22-13-21(15-4-6-17(30)7-5-15)33-28(34-22)35-29(39)36-37-25(38)14-43-27(37)19-9-8-18(31)12-20(19)32/h4-13,27H,14H2,1-3H3,(H2,33,34,35,36,39). The van der Waals surface area contributed by atoms with Gasteiger partial charge in [0, 0.05) is 31.8 Å². The molecule has 14 heteroatoms. The van der Waals surface area contributed by atoms with Gasteiger partial charge in [0.1, 0.15) is 5.37 Å². The number of ether oxygens (including phenoxy) is 3. The van der Waals surface area contributed by atoms with Crippen molar-refractivity contribution in [3.63, 3.8) is 0 Å². The van der Waals surface area contributed by atoms with Gasteiger partial charge in [-0.15, -0.1) is 11.8 Å². The summed E-state index contributed by atoms with van der Waals surface area (Å²) in [5.41, 5.74) is 5.54. The van der Waals surface area contributed by atoms with Gasteiger partial charge in [0.2, 0.25) is 11.7 Å². The number of hydrogen-bond acceptors (Lipinski definition) is 8. The first-order valence-electron chi connectivity index (χ1n) is 12.6. The fourth-order valence-electron chi connectivity index (χ4n) is 4.36. The lowest BCUT2D eigenvalue weighted by Crippen LogP contribution is -2.46. The summed E-state index contributed by atoms with van der Waals surface area (Å²) in [4.78, 5) is 35.1. The molecule has 0 saturated carbocycles. The van der Waals surface area contributed by atoms with Gasteiger partial charge in [-0.1, -0.05) is 53.0 Å². The Morgan fingerprint density at radius 2 is 1.49 bits per heavy atom. The van der Waals surface area contributed by atoms with Crippen LogP contribution in [-0.4, -0.2) is 54.0 Å². The van der Waals surface area contributed by atoms with Crippen molar-refractivity contribution in [1.82, 2.24) is 20.4 Å². The number of benzene rings is 3. The highest BCUT2D eigenvalue weighted by Gasteiger charge is 2.35. The quantitative estimate of drug-likeness (QED) is 0.206. The van der Waals surface area contributed by atoms with E-state index in [9.17, 15) is 9.59 Å². The van der Waals surface area contributed by atoms with Gasteiger partial charge in [-0.05, 0) is 42.5 Å². The summed E-state index contributed by atoms with van der Waals surface area (Å²) in [6.45, 7) is 0. The largest absolute Gasteiger partial charge is 0.493 e. The molecule has 2 N–H and O–H groups in total. The van der Waals surface area contributed by atoms with Crippen LogP contribution in [0.3, 0.4) is 0 Å². The van der Waals surface area contributed by atoms with E-state index in [-0.39, 0.29) is 17.6 Å². The maximum Gasteiger partial charge on any atom is 0.340 e. The van der Waals surface area contributed by atoms with Crippen molar-refractivity contribution in [3.8, 4) is 39.8 Å². The zero-order valence-corrected chi connectivity index (χ0v) is 26.1. The number of rotatable bonds is 8. The van der Waals surface area contributed by atoms with Crippen molar-refractivity contribution >= 4 is 64.5 Å². The minimum atomic E-state index is -0.727. The molecule has 1 aliphatic heterocycles. The Kier molecular flexibility index (Phi) is 9.36. The third-order valence-electron chi connectivity index (χ3n) is 6.37. The molecule has 1 aliphatic rings. The van der Waals surface area contributed by atoms with Crippen LogP contribution in [0.15, 0.2) is 60.7 Å². The first-order chi connectivity index (χ1) is 20.7. The van der Waals surface area contributed by atoms with Crippen LogP contribution >= 0.6 is 46.6 Å². The molecule has 0 bridgehead atoms. The Hall–Kier alpha value is -3.90. The Labute approximate surface area is 266 Å². The molecule has 3 amide bonds. The molecule has 1 aromatic heterocycles. The van der Waals surface area contributed by atoms with Crippen LogP contribution in [0, 0.1) is 0 Å². The van der Waals surface area contributed by atoms with Gasteiger partial charge in [0.25, 0.3) is 5.91 Å². The second kappa shape index (κ2) is 13.2. The molecule has 3 aromatic carbocycles. The molecule has 0 aliphatic carbocycles. The molecular formula is C29H24Cl3N5O5S. The van der Waals surface area contributed by atoms with Gasteiger partial charge >= 0.3 is 6.03 Å². The van der Waals surface area contributed by atoms with Crippen LogP contribution in [0.5, 0.6) is 17.2 Å². The Morgan fingerprint density at radius 3 is 2.09 bits per heavy atom. The number of amides is 3. The van der Waals surface area contributed by atoms with Crippen LogP contribution in [0.2, 0.25) is 15.1 Å². The Morgan fingerprint density at radius 1 is 0.860 bits per heavy atom. The van der Waals surface area contributed by atoms with Gasteiger partial charge < -0.3 is 14.2 Å². The summed E-state index contributed by atoms with van der Waals surface area (Å²) < 4.78 is 16.5. The molecule has 10 nitrogen and oxygen atoms in total. The molecular weight excluding hydrogens is 637 g/mol. The number of aromatic nitrogens is 2. The predicted molar refractivity (Wildman–Crippen MR) is 168 cm³/mol. The first kappa shape index (κ1) is 30.6. The van der Waals surface area contributed by atoms with Gasteiger partial charge in [-0.25, -0.2) is 25.2 Å². The number of carbonyl (C=O) groups is 2. The van der Waals surface area contributed by atoms with Crippen molar-refractivity contribution in [2.75, 3.05) is 32.4 Å². The summed E-state index contributed by atoms with van der Waals surface area (Å²) in [5, 5.41) is 4.71. The Bertz CT molecular complexity index is 1670. The predicted octanol–water partition coefficient (Wildman–Crippen LogP) is 7.11. The van der Waals surface area contributed by atoms with E-state index in [4.69, 9.17) is 49.0 Å². The fraction of sp³-hybridized carbons (Fsp3) is 0.172. The monoisotopic (exact) mass is 659 g/mol. The highest BCUT2D eigenvalue weighted by atomic mass is 35.5. The second-order valence-electron chi connectivity index (χ2n) is 9.04. The van der Waals surface area contributed by atoms with E-state index in [0.29, 0.717) is 54.8 Å². The lowest BCUT2D eigenvalue weighted by molar-refractivity contribution is -0.130. The van der Waals surface area contributed by atoms with E-state index < -0.39 is 11.4 Å². The maximum absolute atomic E-state index is 13.2. The number of hydrazine groups is 1. The van der Waals surface area contributed by atoms with Crippen molar-refractivity contribution < 1.29 is 23.8 Å². The number of methoxy groups -OCH3 is 3. The summed E-state index contributed by atoms with van der Waals surface area (Å²) in [7, 11) is 4.54. The molecule has 1 atom stereocenters. The number of urea groups is 1. The van der Waals surface area contributed by atoms with E-state index >= 15 is 0 Å². The lowest BCUT2D eigenvalue weighted by Gasteiger charge is -2.25. The van der Waals surface area contributed by atoms with E-state index in [1.807, 2.05) is 0 Å². The number of nitrogens with one attached hydrogen (secondary N) is 2. The molecule has 5 rings (SSSR count). The van der Waals surface area contributed by atoms with Crippen LogP contribution < -0.4 is 25.0 Å². The lowest BCUT2D eigenvalue weighted by atomic mass is 10.1. The van der Waals surface area contributed by atoms with Crippen molar-refractivity contribution in [3.05, 3.63) is 81.3 Å². The number of nitrogens with zero attached hydrogens (tertiary/aromatic N) is 3. The molecule has 222 valence electrons. The van der Waals surface area contributed by atoms with E-state index in [1.165, 1.54) is 38.1 Å². The Balaban J connectivity index is 1.49. The van der Waals surface area contributed by atoms with E-state index in [1.54, 1.807) is 60.7 Å². The van der Waals surface area contributed by atoms with Gasteiger partial charge in [-0.2, -0.15) is 0 Å². The van der Waals surface area contributed by atoms with Crippen molar-refractivity contribution in [2.24, 2.45) is 0 Å². The third kappa shape index (κ3) is 6.70. The molecule has 1 unspecified atom stereocenters. The molecule has 43 heavy (non-hydrogen) atoms. The first-order valence-corrected chi connectivity index (χ1v) is 14.8. The number of hydrogen-bond donors (Lipinski definition) is 2. The zero-order valence-electron chi connectivity index (χ0n) is 23.0. The molecule has 1 saturated heterocycles. The minimum absolute atomic E-state index is 0.0194. The average molecular weight is 661 g/mol. The summed E-state index contributed by atoms with van der Waals surface area (Å²) in [6.07, 6.45) is 0. The highest BCUT2D eigenvalue weighted by molar-refractivity contribution is 8.00. The number of halogens is 3. The fourth-order valence-corrected chi connectivity index (χ4v) is 6.21. The van der Waals surface area contributed by atoms with Crippen LogP contribution in [0.1, 0.15) is 10.9 Å². The topological polar surface area (TPSA) is 115 Å². The third-order valence-corrected chi connectivity index (χ3v) is 8.38. The molecule has 0 radical (unpaired) electrons.